The molecule has 0 amide bonds. The van der Waals surface area contributed by atoms with Gasteiger partial charge < -0.3 is 15.9 Å². The summed E-state index contributed by atoms with van der Waals surface area (Å²) >= 11 is 0. The molecule has 7 heteroatoms. The first-order chi connectivity index (χ1) is 13.0. The van der Waals surface area contributed by atoms with Crippen molar-refractivity contribution < 1.29 is 14.9 Å². The highest BCUT2D eigenvalue weighted by Gasteiger charge is 2.28. The minimum atomic E-state index is -0.274. The maximum atomic E-state index is 9.93. The van der Waals surface area contributed by atoms with E-state index >= 15 is 0 Å². The van der Waals surface area contributed by atoms with Crippen molar-refractivity contribution in [2.45, 2.75) is 6.92 Å². The number of aromatic hydroxyl groups is 2. The zero-order valence-corrected chi connectivity index (χ0v) is 14.4. The second-order valence-corrected chi connectivity index (χ2v) is 6.17. The Kier molecular flexibility index (Phi) is 3.67. The van der Waals surface area contributed by atoms with E-state index in [1.54, 1.807) is 10.7 Å². The number of aromatic nitrogens is 3. The zero-order chi connectivity index (χ0) is 19.1. The van der Waals surface area contributed by atoms with E-state index in [1.807, 2.05) is 37.3 Å². The molecular weight excluding hydrogens is 342 g/mol. The summed E-state index contributed by atoms with van der Waals surface area (Å²) in [7, 11) is 0. The molecule has 4 rings (SSSR count). The minimum absolute atomic E-state index is 0.0937. The van der Waals surface area contributed by atoms with Crippen LogP contribution in [0.4, 0.5) is 5.82 Å². The number of benzene rings is 2. The lowest BCUT2D eigenvalue weighted by molar-refractivity contribution is -0.632. The van der Waals surface area contributed by atoms with Crippen molar-refractivity contribution in [3.8, 4) is 34.4 Å². The molecule has 0 saturated heterocycles. The van der Waals surface area contributed by atoms with Crippen LogP contribution in [0.25, 0.3) is 27.8 Å². The molecule has 27 heavy (non-hydrogen) atoms. The first-order valence-electron chi connectivity index (χ1n) is 8.23. The van der Waals surface area contributed by atoms with E-state index in [9.17, 15) is 15.5 Å². The predicted octanol–water partition coefficient (Wildman–Crippen LogP) is 2.68. The summed E-state index contributed by atoms with van der Waals surface area (Å²) in [6, 6.07) is 16.1. The standard InChI is InChI=1S/C20H15N5O2/c1-11-17-18(12-7-8-15(26)16(27)9-12)14(10-21)19(22)23-20(17)25(24-11)13-5-3-2-4-6-13/h2-9H,1H3,(H4,22,23,24,26,27)/p+1. The summed E-state index contributed by atoms with van der Waals surface area (Å²) in [5.41, 5.74) is 9.64. The lowest BCUT2D eigenvalue weighted by Crippen LogP contribution is -2.33. The summed E-state index contributed by atoms with van der Waals surface area (Å²) in [6.07, 6.45) is 0. The topological polar surface area (TPSA) is 123 Å². The Morgan fingerprint density at radius 2 is 1.85 bits per heavy atom. The van der Waals surface area contributed by atoms with Crippen LogP contribution in [0.3, 0.4) is 0 Å². The average Bonchev–Trinajstić information content (AvgIpc) is 2.99. The molecule has 2 aromatic carbocycles. The molecule has 0 radical (unpaired) electrons. The van der Waals surface area contributed by atoms with Crippen LogP contribution in [0.15, 0.2) is 48.5 Å². The molecular formula is C20H16N5O2+. The Balaban J connectivity index is 2.13. The molecule has 0 atom stereocenters. The number of hydrogen-bond acceptors (Lipinski definition) is 5. The molecule has 5 N–H and O–H groups in total. The fourth-order valence-corrected chi connectivity index (χ4v) is 3.23. The van der Waals surface area contributed by atoms with Gasteiger partial charge in [-0.25, -0.2) is 5.10 Å². The SMILES string of the molecule is Cc1[nH][n+](-c2ccccc2)c2nc(N)c(C#N)c(-c3ccc(O)c(O)c3)c12. The van der Waals surface area contributed by atoms with Crippen LogP contribution in [0.1, 0.15) is 11.3 Å². The number of phenolic OH excluding ortho intramolecular Hbond substituents is 2. The Morgan fingerprint density at radius 3 is 2.52 bits per heavy atom. The molecule has 0 fully saturated rings. The summed E-state index contributed by atoms with van der Waals surface area (Å²) in [4.78, 5) is 4.44. The first kappa shape index (κ1) is 16.4. The molecule has 0 bridgehead atoms. The van der Waals surface area contributed by atoms with Gasteiger partial charge in [0.2, 0.25) is 0 Å². The van der Waals surface area contributed by atoms with Crippen molar-refractivity contribution >= 4 is 16.9 Å². The van der Waals surface area contributed by atoms with E-state index in [2.05, 4.69) is 16.2 Å². The van der Waals surface area contributed by atoms with Crippen molar-refractivity contribution in [3.63, 3.8) is 0 Å². The van der Waals surface area contributed by atoms with E-state index in [1.165, 1.54) is 12.1 Å². The highest BCUT2D eigenvalue weighted by Crippen LogP contribution is 2.38. The summed E-state index contributed by atoms with van der Waals surface area (Å²) in [5, 5.41) is 33.2. The van der Waals surface area contributed by atoms with Crippen LogP contribution < -0.4 is 10.4 Å². The first-order valence-corrected chi connectivity index (χ1v) is 8.23. The van der Waals surface area contributed by atoms with Gasteiger partial charge >= 0.3 is 5.65 Å². The van der Waals surface area contributed by atoms with E-state index in [-0.39, 0.29) is 22.9 Å². The third kappa shape index (κ3) is 2.51. The fourth-order valence-electron chi connectivity index (χ4n) is 3.23. The van der Waals surface area contributed by atoms with Crippen molar-refractivity contribution in [1.29, 1.82) is 5.26 Å². The predicted molar refractivity (Wildman–Crippen MR) is 100 cm³/mol. The van der Waals surface area contributed by atoms with Gasteiger partial charge in [0.25, 0.3) is 5.82 Å². The Bertz CT molecular complexity index is 1220. The minimum Gasteiger partial charge on any atom is -0.504 e. The quantitative estimate of drug-likeness (QED) is 0.324. The van der Waals surface area contributed by atoms with Crippen molar-refractivity contribution in [1.82, 2.24) is 10.1 Å². The van der Waals surface area contributed by atoms with Gasteiger partial charge in [0.1, 0.15) is 17.0 Å². The van der Waals surface area contributed by atoms with Crippen molar-refractivity contribution in [2.75, 3.05) is 5.73 Å². The van der Waals surface area contributed by atoms with Gasteiger partial charge in [-0.1, -0.05) is 24.3 Å². The number of fused-ring (bicyclic) bond motifs is 1. The number of rotatable bonds is 2. The van der Waals surface area contributed by atoms with Crippen LogP contribution in [-0.4, -0.2) is 20.3 Å². The lowest BCUT2D eigenvalue weighted by atomic mass is 9.96. The number of H-pyrrole nitrogens is 1. The van der Waals surface area contributed by atoms with E-state index in [0.29, 0.717) is 16.8 Å². The maximum Gasteiger partial charge on any atom is 0.359 e. The second-order valence-electron chi connectivity index (χ2n) is 6.17. The number of nitrogens with zero attached hydrogens (tertiary/aromatic N) is 3. The molecule has 0 aliphatic rings. The lowest BCUT2D eigenvalue weighted by Gasteiger charge is -2.07. The van der Waals surface area contributed by atoms with Gasteiger partial charge in [-0.3, -0.25) is 0 Å². The molecule has 0 aliphatic heterocycles. The molecule has 0 aliphatic carbocycles. The highest BCUT2D eigenvalue weighted by atomic mass is 16.3. The third-order valence-electron chi connectivity index (χ3n) is 4.46. The van der Waals surface area contributed by atoms with Crippen LogP contribution in [0.2, 0.25) is 0 Å². The number of nitrogen functional groups attached to an aromatic ring is 1. The smallest absolute Gasteiger partial charge is 0.359 e. The van der Waals surface area contributed by atoms with Crippen molar-refractivity contribution in [3.05, 3.63) is 59.8 Å². The highest BCUT2D eigenvalue weighted by molar-refractivity contribution is 5.99. The number of nitrogens with two attached hydrogens (primary N) is 1. The van der Waals surface area contributed by atoms with Crippen LogP contribution in [0.5, 0.6) is 11.5 Å². The molecule has 0 saturated carbocycles. The van der Waals surface area contributed by atoms with Crippen molar-refractivity contribution in [2.24, 2.45) is 0 Å². The number of phenols is 2. The van der Waals surface area contributed by atoms with Crippen LogP contribution in [0, 0.1) is 18.3 Å². The average molecular weight is 358 g/mol. The summed E-state index contributed by atoms with van der Waals surface area (Å²) in [5.74, 6) is -0.416. The number of aryl methyl sites for hydroxylation is 1. The number of hydrogen-bond donors (Lipinski definition) is 4. The number of anilines is 1. The number of nitriles is 1. The zero-order valence-electron chi connectivity index (χ0n) is 14.4. The number of nitrogens with one attached hydrogen (secondary N) is 1. The normalized spacial score (nSPS) is 10.8. The Morgan fingerprint density at radius 1 is 1.11 bits per heavy atom. The molecule has 7 nitrogen and oxygen atoms in total. The molecule has 4 aromatic rings. The molecule has 132 valence electrons. The second kappa shape index (κ2) is 6.04. The van der Waals surface area contributed by atoms with Gasteiger partial charge in [0, 0.05) is 5.56 Å². The van der Waals surface area contributed by atoms with E-state index in [0.717, 1.165) is 16.8 Å². The maximum absolute atomic E-state index is 9.93. The van der Waals surface area contributed by atoms with Gasteiger partial charge in [-0.15, -0.1) is 4.68 Å². The van der Waals surface area contributed by atoms with E-state index < -0.39 is 0 Å². The van der Waals surface area contributed by atoms with E-state index in [4.69, 9.17) is 5.73 Å². The molecule has 0 spiro atoms. The molecule has 2 heterocycles. The molecule has 0 unspecified atom stereocenters. The van der Waals surface area contributed by atoms with Crippen LogP contribution >= 0.6 is 0 Å². The largest absolute Gasteiger partial charge is 0.504 e. The van der Waals surface area contributed by atoms with Crippen LogP contribution in [-0.2, 0) is 0 Å². The summed E-state index contributed by atoms with van der Waals surface area (Å²) in [6.45, 7) is 1.88. The van der Waals surface area contributed by atoms with Gasteiger partial charge in [0.05, 0.1) is 5.69 Å². The summed E-state index contributed by atoms with van der Waals surface area (Å²) < 4.78 is 1.80. The van der Waals surface area contributed by atoms with Gasteiger partial charge in [-0.05, 0) is 41.7 Å². The monoisotopic (exact) mass is 358 g/mol. The number of aromatic amines is 1. The molecule has 2 aromatic heterocycles. The Labute approximate surface area is 154 Å². The number of pyridine rings is 1. The van der Waals surface area contributed by atoms with Gasteiger partial charge in [-0.2, -0.15) is 5.26 Å². The number of para-hydroxylation sites is 1. The third-order valence-corrected chi connectivity index (χ3v) is 4.46. The fraction of sp³-hybridized carbons (Fsp3) is 0.0500. The Hall–Kier alpha value is -4.05. The van der Waals surface area contributed by atoms with Gasteiger partial charge in [0.15, 0.2) is 17.2 Å².